The van der Waals surface area contributed by atoms with Crippen molar-refractivity contribution in [2.45, 2.75) is 52.5 Å². The van der Waals surface area contributed by atoms with Crippen LogP contribution in [-0.4, -0.2) is 45.9 Å². The third kappa shape index (κ3) is 12.8. The van der Waals surface area contributed by atoms with Crippen molar-refractivity contribution in [1.82, 2.24) is 15.3 Å². The minimum absolute atomic E-state index is 0.0556. The van der Waals surface area contributed by atoms with Crippen LogP contribution < -0.4 is 5.32 Å². The van der Waals surface area contributed by atoms with E-state index >= 15 is 0 Å². The third-order valence-electron chi connectivity index (χ3n) is 5.69. The molecule has 3 rings (SSSR count). The Morgan fingerprint density at radius 3 is 2.08 bits per heavy atom. The quantitative estimate of drug-likeness (QED) is 0.0957. The number of benzene rings is 1. The van der Waals surface area contributed by atoms with Crippen molar-refractivity contribution in [3.8, 4) is 6.07 Å². The molecule has 2 heterocycles. The summed E-state index contributed by atoms with van der Waals surface area (Å²) in [5.74, 6) is 0. The standard InChI is InChI=1S/C18H15F3N2.C6H7N.C5H13FNP.H2O2/c1-11-4-7-17(23-10-11)13(3)16(9-22)15-6-5-14(8-12(15)2)18(19,20)21;1-6-4-2-3-5-7-6;1-4(7-2)5(8)3-6;1-2/h4-8,10H,1-3H3;2-5H,1H3;4-5,7H,3,8H2,1-2H3;1-2H/b16-13+;;;. The summed E-state index contributed by atoms with van der Waals surface area (Å²) in [6.07, 6.45) is -0.920. The Morgan fingerprint density at radius 1 is 1.07 bits per heavy atom. The van der Waals surface area contributed by atoms with Crippen LogP contribution in [0.3, 0.4) is 0 Å². The lowest BCUT2D eigenvalue weighted by atomic mass is 9.94. The zero-order valence-electron chi connectivity index (χ0n) is 23.5. The molecule has 0 aliphatic rings. The molecule has 11 heteroatoms. The molecule has 0 bridgehead atoms. The highest BCUT2D eigenvalue weighted by Crippen LogP contribution is 2.33. The number of aromatic nitrogens is 2. The van der Waals surface area contributed by atoms with Crippen molar-refractivity contribution in [2.75, 3.05) is 13.7 Å². The predicted molar refractivity (Wildman–Crippen MR) is 155 cm³/mol. The number of hydrogen-bond donors (Lipinski definition) is 3. The first kappa shape index (κ1) is 36.8. The van der Waals surface area contributed by atoms with E-state index in [1.165, 1.54) is 6.07 Å². The van der Waals surface area contributed by atoms with Crippen LogP contribution in [0.4, 0.5) is 17.6 Å². The molecule has 40 heavy (non-hydrogen) atoms. The van der Waals surface area contributed by atoms with Gasteiger partial charge < -0.3 is 5.32 Å². The summed E-state index contributed by atoms with van der Waals surface area (Å²) < 4.78 is 50.0. The number of nitrogens with one attached hydrogen (secondary N) is 1. The maximum atomic E-state index is 12.8. The first-order valence-electron chi connectivity index (χ1n) is 12.1. The van der Waals surface area contributed by atoms with Gasteiger partial charge in [-0.2, -0.15) is 18.4 Å². The van der Waals surface area contributed by atoms with E-state index in [1.54, 1.807) is 32.3 Å². The number of nitrogens with zero attached hydrogens (tertiary/aromatic N) is 3. The maximum Gasteiger partial charge on any atom is 0.416 e. The van der Waals surface area contributed by atoms with Gasteiger partial charge in [0.25, 0.3) is 0 Å². The summed E-state index contributed by atoms with van der Waals surface area (Å²) in [4.78, 5) is 8.25. The largest absolute Gasteiger partial charge is 0.416 e. The van der Waals surface area contributed by atoms with Crippen molar-refractivity contribution in [3.05, 3.63) is 94.6 Å². The van der Waals surface area contributed by atoms with Gasteiger partial charge in [-0.25, -0.2) is 0 Å². The van der Waals surface area contributed by atoms with Gasteiger partial charge in [0.15, 0.2) is 0 Å². The summed E-state index contributed by atoms with van der Waals surface area (Å²) in [5.41, 5.74) is 3.88. The molecule has 3 aromatic rings. The topological polar surface area (TPSA) is 102 Å². The molecule has 6 nitrogen and oxygen atoms in total. The number of rotatable bonds is 5. The van der Waals surface area contributed by atoms with E-state index in [4.69, 9.17) is 10.5 Å². The Hall–Kier alpha value is -3.22. The molecule has 0 aliphatic heterocycles. The SMILES string of the molecule is C/C(=C(/C#N)c1ccc(C(F)(F)F)cc1C)c1ccc(C)cn1.CNC(C)C(P)CF.Cc1ccccn1.OO. The number of pyridine rings is 2. The van der Waals surface area contributed by atoms with Gasteiger partial charge in [-0.15, -0.1) is 9.24 Å². The number of nitriles is 1. The molecule has 0 amide bonds. The molecular formula is C29H37F4N4O2P. The molecule has 3 unspecified atom stereocenters. The molecule has 0 saturated heterocycles. The van der Waals surface area contributed by atoms with E-state index in [0.29, 0.717) is 28.0 Å². The van der Waals surface area contributed by atoms with Crippen molar-refractivity contribution < 1.29 is 28.1 Å². The Bertz CT molecular complexity index is 1210. The fraction of sp³-hybridized carbons (Fsp3) is 0.345. The molecule has 218 valence electrons. The average Bonchev–Trinajstić information content (AvgIpc) is 2.95. The molecule has 0 fully saturated rings. The van der Waals surface area contributed by atoms with Crippen LogP contribution in [0.25, 0.3) is 11.1 Å². The highest BCUT2D eigenvalue weighted by atomic mass is 31.0. The molecular weight excluding hydrogens is 543 g/mol. The van der Waals surface area contributed by atoms with Crippen LogP contribution >= 0.6 is 9.24 Å². The highest BCUT2D eigenvalue weighted by Gasteiger charge is 2.30. The Morgan fingerprint density at radius 2 is 1.73 bits per heavy atom. The zero-order chi connectivity index (χ0) is 30.9. The highest BCUT2D eigenvalue weighted by molar-refractivity contribution is 7.17. The van der Waals surface area contributed by atoms with Crippen molar-refractivity contribution in [2.24, 2.45) is 0 Å². The van der Waals surface area contributed by atoms with E-state index in [2.05, 4.69) is 30.6 Å². The minimum atomic E-state index is -4.40. The van der Waals surface area contributed by atoms with Gasteiger partial charge in [0.05, 0.1) is 23.5 Å². The molecule has 0 saturated carbocycles. The molecule has 3 N–H and O–H groups in total. The van der Waals surface area contributed by atoms with Crippen molar-refractivity contribution in [3.63, 3.8) is 0 Å². The lowest BCUT2D eigenvalue weighted by Gasteiger charge is -2.14. The van der Waals surface area contributed by atoms with Crippen LogP contribution in [0.15, 0.2) is 60.9 Å². The number of allylic oxidation sites excluding steroid dienone is 2. The Balaban J connectivity index is 0.000000729. The summed E-state index contributed by atoms with van der Waals surface area (Å²) in [6.45, 7) is 8.87. The smallest absolute Gasteiger partial charge is 0.317 e. The maximum absolute atomic E-state index is 12.8. The summed E-state index contributed by atoms with van der Waals surface area (Å²) in [6, 6.07) is 15.3. The van der Waals surface area contributed by atoms with E-state index in [-0.39, 0.29) is 18.4 Å². The number of alkyl halides is 4. The molecule has 2 aromatic heterocycles. The first-order chi connectivity index (χ1) is 18.8. The van der Waals surface area contributed by atoms with Gasteiger partial charge in [-0.1, -0.05) is 18.2 Å². The van der Waals surface area contributed by atoms with Gasteiger partial charge in [0.1, 0.15) is 6.07 Å². The zero-order valence-corrected chi connectivity index (χ0v) is 24.6. The molecule has 3 atom stereocenters. The van der Waals surface area contributed by atoms with Crippen LogP contribution in [0.5, 0.6) is 0 Å². The lowest BCUT2D eigenvalue weighted by Crippen LogP contribution is -2.31. The van der Waals surface area contributed by atoms with Crippen LogP contribution in [0, 0.1) is 32.1 Å². The second-order valence-corrected chi connectivity index (χ2v) is 9.58. The fourth-order valence-corrected chi connectivity index (χ4v) is 3.27. The van der Waals surface area contributed by atoms with Gasteiger partial charge in [0.2, 0.25) is 0 Å². The third-order valence-corrected chi connectivity index (χ3v) is 6.45. The van der Waals surface area contributed by atoms with Gasteiger partial charge in [-0.3, -0.25) is 24.9 Å². The molecule has 1 aromatic carbocycles. The number of halogens is 4. The molecule has 0 radical (unpaired) electrons. The normalized spacial score (nSPS) is 12.5. The van der Waals surface area contributed by atoms with Crippen molar-refractivity contribution in [1.29, 1.82) is 5.26 Å². The Labute approximate surface area is 236 Å². The van der Waals surface area contributed by atoms with Crippen LogP contribution in [0.2, 0.25) is 0 Å². The lowest BCUT2D eigenvalue weighted by molar-refractivity contribution is -0.176. The van der Waals surface area contributed by atoms with Gasteiger partial charge in [0, 0.05) is 29.8 Å². The minimum Gasteiger partial charge on any atom is -0.317 e. The summed E-state index contributed by atoms with van der Waals surface area (Å²) in [7, 11) is 4.29. The van der Waals surface area contributed by atoms with E-state index in [0.717, 1.165) is 23.4 Å². The van der Waals surface area contributed by atoms with E-state index in [1.807, 2.05) is 52.1 Å². The van der Waals surface area contributed by atoms with E-state index < -0.39 is 11.7 Å². The second-order valence-electron chi connectivity index (χ2n) is 8.73. The van der Waals surface area contributed by atoms with E-state index in [9.17, 15) is 22.8 Å². The van der Waals surface area contributed by atoms with Crippen molar-refractivity contribution >= 4 is 20.4 Å². The molecule has 0 spiro atoms. The van der Waals surface area contributed by atoms with Crippen LogP contribution in [-0.2, 0) is 6.18 Å². The Kier molecular flexibility index (Phi) is 17.4. The fourth-order valence-electron chi connectivity index (χ4n) is 3.08. The van der Waals surface area contributed by atoms with Gasteiger partial charge >= 0.3 is 6.18 Å². The first-order valence-corrected chi connectivity index (χ1v) is 12.8. The number of hydrogen-bond acceptors (Lipinski definition) is 6. The van der Waals surface area contributed by atoms with Gasteiger partial charge in [-0.05, 0) is 94.3 Å². The number of aryl methyl sites for hydroxylation is 3. The van der Waals surface area contributed by atoms with Crippen LogP contribution in [0.1, 0.15) is 47.5 Å². The summed E-state index contributed by atoms with van der Waals surface area (Å²) in [5, 5.41) is 24.4. The average molecular weight is 581 g/mol. The predicted octanol–water partition coefficient (Wildman–Crippen LogP) is 7.39. The second kappa shape index (κ2) is 19.0. The summed E-state index contributed by atoms with van der Waals surface area (Å²) >= 11 is 0. The molecule has 0 aliphatic carbocycles. The monoisotopic (exact) mass is 580 g/mol.